The normalized spacial score (nSPS) is 18.6. The molecule has 2 fully saturated rings. The summed E-state index contributed by atoms with van der Waals surface area (Å²) >= 11 is 0. The molecule has 12 heteroatoms. The van der Waals surface area contributed by atoms with E-state index in [-0.39, 0.29) is 49.2 Å². The molecule has 2 N–H and O–H groups in total. The number of rotatable bonds is 8. The Hall–Kier alpha value is -4.84. The van der Waals surface area contributed by atoms with Crippen LogP contribution in [0.5, 0.6) is 5.75 Å². The highest BCUT2D eigenvalue weighted by atomic mass is 19.1. The zero-order chi connectivity index (χ0) is 31.7. The van der Waals surface area contributed by atoms with Gasteiger partial charge in [-0.05, 0) is 48.4 Å². The molecule has 3 aliphatic heterocycles. The van der Waals surface area contributed by atoms with Gasteiger partial charge in [0.2, 0.25) is 11.8 Å². The average Bonchev–Trinajstić information content (AvgIpc) is 3.37. The summed E-state index contributed by atoms with van der Waals surface area (Å²) < 4.78 is 35.6. The Morgan fingerprint density at radius 2 is 1.80 bits per heavy atom. The second-order valence-corrected chi connectivity index (χ2v) is 11.4. The molecule has 1 atom stereocenters. The van der Waals surface area contributed by atoms with Crippen molar-refractivity contribution in [2.24, 2.45) is 0 Å². The number of fused-ring (bicyclic) bond motifs is 1. The van der Waals surface area contributed by atoms with Crippen LogP contribution in [0, 0.1) is 11.6 Å². The maximum absolute atomic E-state index is 15.2. The van der Waals surface area contributed by atoms with Crippen LogP contribution in [0.3, 0.4) is 0 Å². The van der Waals surface area contributed by atoms with Gasteiger partial charge in [-0.3, -0.25) is 29.4 Å². The van der Waals surface area contributed by atoms with E-state index in [2.05, 4.69) is 15.5 Å². The average molecular weight is 618 g/mol. The van der Waals surface area contributed by atoms with Crippen molar-refractivity contribution in [3.05, 3.63) is 94.0 Å². The van der Waals surface area contributed by atoms with Crippen molar-refractivity contribution >= 4 is 29.3 Å². The number of imide groups is 1. The van der Waals surface area contributed by atoms with Crippen molar-refractivity contribution in [3.63, 3.8) is 0 Å². The predicted molar refractivity (Wildman–Crippen MR) is 160 cm³/mol. The Kier molecular flexibility index (Phi) is 8.48. The Labute approximate surface area is 258 Å². The zero-order valence-electron chi connectivity index (χ0n) is 24.8. The van der Waals surface area contributed by atoms with Gasteiger partial charge in [-0.15, -0.1) is 0 Å². The fraction of sp³-hybridized carbons (Fsp3) is 0.333. The Bertz CT molecular complexity index is 1670. The number of anilines is 1. The lowest BCUT2D eigenvalue weighted by Crippen LogP contribution is -2.52. The highest BCUT2D eigenvalue weighted by Crippen LogP contribution is 2.34. The van der Waals surface area contributed by atoms with Gasteiger partial charge in [0.1, 0.15) is 30.0 Å². The monoisotopic (exact) mass is 617 g/mol. The standard InChI is InChI=1S/C33H33F2N5O5/c1-36-31(42)24-8-7-22(16-27(24)35)39-13-11-38(12-14-39)17-21-6-5-20(15-26(21)34)19-45-29-4-2-3-23-25(29)18-40(33(23)44)28-9-10-30(41)37-32(28)43/h2-8,15-16,28H,9-14,17-19H2,1H3,(H,36,42)(H,37,41,43)/t28-/m0/s1. The SMILES string of the molecule is CNC(=O)c1ccc(N2CCN(Cc3ccc(COc4cccc5c4CN([C@H]4CCC(=O)NC4=O)C5=O)cc3F)CC2)cc1F. The molecule has 10 nitrogen and oxygen atoms in total. The molecule has 0 unspecified atom stereocenters. The first-order valence-electron chi connectivity index (χ1n) is 14.9. The number of carbonyl (C=O) groups is 4. The number of ether oxygens (including phenoxy) is 1. The van der Waals surface area contributed by atoms with Crippen LogP contribution < -0.4 is 20.3 Å². The Morgan fingerprint density at radius 1 is 1.00 bits per heavy atom. The van der Waals surface area contributed by atoms with Crippen molar-refractivity contribution < 1.29 is 32.7 Å². The lowest BCUT2D eigenvalue weighted by Gasteiger charge is -2.36. The lowest BCUT2D eigenvalue weighted by atomic mass is 10.0. The second-order valence-electron chi connectivity index (χ2n) is 11.4. The number of hydrogen-bond acceptors (Lipinski definition) is 7. The quantitative estimate of drug-likeness (QED) is 0.374. The summed E-state index contributed by atoms with van der Waals surface area (Å²) in [5, 5.41) is 4.73. The van der Waals surface area contributed by atoms with Crippen LogP contribution in [-0.2, 0) is 29.3 Å². The molecule has 0 bridgehead atoms. The molecule has 0 spiro atoms. The third-order valence-electron chi connectivity index (χ3n) is 8.61. The van der Waals surface area contributed by atoms with Crippen LogP contribution in [0.2, 0.25) is 0 Å². The molecule has 3 aromatic rings. The van der Waals surface area contributed by atoms with E-state index < -0.39 is 23.7 Å². The van der Waals surface area contributed by atoms with Crippen LogP contribution in [0.1, 0.15) is 50.2 Å². The molecule has 6 rings (SSSR count). The summed E-state index contributed by atoms with van der Waals surface area (Å²) in [6.07, 6.45) is 0.449. The summed E-state index contributed by atoms with van der Waals surface area (Å²) in [7, 11) is 1.46. The number of nitrogens with one attached hydrogen (secondary N) is 2. The molecular weight excluding hydrogens is 584 g/mol. The van der Waals surface area contributed by atoms with E-state index in [4.69, 9.17) is 4.74 Å². The first kappa shape index (κ1) is 30.2. The molecular formula is C33H33F2N5O5. The van der Waals surface area contributed by atoms with Gasteiger partial charge in [-0.1, -0.05) is 18.2 Å². The van der Waals surface area contributed by atoms with E-state index in [0.717, 1.165) is 0 Å². The Balaban J connectivity index is 1.04. The lowest BCUT2D eigenvalue weighted by molar-refractivity contribution is -0.136. The van der Waals surface area contributed by atoms with Crippen LogP contribution in [0.15, 0.2) is 54.6 Å². The number of halogens is 2. The van der Waals surface area contributed by atoms with Crippen molar-refractivity contribution in [1.82, 2.24) is 20.4 Å². The number of carbonyl (C=O) groups excluding carboxylic acids is 4. The third-order valence-corrected chi connectivity index (χ3v) is 8.61. The fourth-order valence-electron chi connectivity index (χ4n) is 6.09. The van der Waals surface area contributed by atoms with E-state index in [9.17, 15) is 23.6 Å². The minimum atomic E-state index is -0.718. The number of nitrogens with zero attached hydrogens (tertiary/aromatic N) is 3. The largest absolute Gasteiger partial charge is 0.489 e. The van der Waals surface area contributed by atoms with Crippen molar-refractivity contribution in [2.45, 2.75) is 38.6 Å². The van der Waals surface area contributed by atoms with Crippen LogP contribution in [-0.4, -0.2) is 72.7 Å². The van der Waals surface area contributed by atoms with Gasteiger partial charge in [0.15, 0.2) is 0 Å². The number of hydrogen-bond donors (Lipinski definition) is 2. The Morgan fingerprint density at radius 3 is 2.51 bits per heavy atom. The number of piperidine rings is 1. The number of amides is 4. The molecule has 3 aliphatic rings. The molecule has 0 aliphatic carbocycles. The second kappa shape index (κ2) is 12.6. The van der Waals surface area contributed by atoms with E-state index in [1.165, 1.54) is 30.1 Å². The smallest absolute Gasteiger partial charge is 0.255 e. The molecule has 3 heterocycles. The topological polar surface area (TPSA) is 111 Å². The number of benzene rings is 3. The van der Waals surface area contributed by atoms with Gasteiger partial charge in [0.05, 0.1) is 12.1 Å². The summed E-state index contributed by atoms with van der Waals surface area (Å²) in [5.74, 6) is -2.00. The van der Waals surface area contributed by atoms with Gasteiger partial charge in [0.25, 0.3) is 11.8 Å². The summed E-state index contributed by atoms with van der Waals surface area (Å²) in [5.41, 5.74) is 3.00. The summed E-state index contributed by atoms with van der Waals surface area (Å²) in [6, 6.07) is 14.0. The van der Waals surface area contributed by atoms with Crippen LogP contribution in [0.4, 0.5) is 14.5 Å². The van der Waals surface area contributed by atoms with Crippen LogP contribution in [0.25, 0.3) is 0 Å². The van der Waals surface area contributed by atoms with Crippen molar-refractivity contribution in [1.29, 1.82) is 0 Å². The molecule has 3 aromatic carbocycles. The van der Waals surface area contributed by atoms with Crippen molar-refractivity contribution in [3.8, 4) is 5.75 Å². The molecule has 0 saturated carbocycles. The third kappa shape index (κ3) is 6.23. The molecule has 234 valence electrons. The predicted octanol–water partition coefficient (Wildman–Crippen LogP) is 2.99. The van der Waals surface area contributed by atoms with Gasteiger partial charge in [-0.2, -0.15) is 0 Å². The first-order chi connectivity index (χ1) is 21.7. The van der Waals surface area contributed by atoms with Gasteiger partial charge >= 0.3 is 0 Å². The van der Waals surface area contributed by atoms with E-state index >= 15 is 4.39 Å². The van der Waals surface area contributed by atoms with Crippen LogP contribution >= 0.6 is 0 Å². The highest BCUT2D eigenvalue weighted by molar-refractivity contribution is 6.05. The van der Waals surface area contributed by atoms with E-state index in [1.807, 2.05) is 11.0 Å². The van der Waals surface area contributed by atoms with Gasteiger partial charge < -0.3 is 19.9 Å². The maximum Gasteiger partial charge on any atom is 0.255 e. The molecule has 0 aromatic heterocycles. The zero-order valence-corrected chi connectivity index (χ0v) is 24.8. The highest BCUT2D eigenvalue weighted by Gasteiger charge is 2.40. The van der Waals surface area contributed by atoms with Gasteiger partial charge in [0, 0.05) is 68.6 Å². The minimum Gasteiger partial charge on any atom is -0.489 e. The van der Waals surface area contributed by atoms with E-state index in [1.54, 1.807) is 30.3 Å². The van der Waals surface area contributed by atoms with Crippen molar-refractivity contribution in [2.75, 3.05) is 38.1 Å². The van der Waals surface area contributed by atoms with Gasteiger partial charge in [-0.25, -0.2) is 8.78 Å². The number of piperazine rings is 1. The van der Waals surface area contributed by atoms with E-state index in [0.29, 0.717) is 66.4 Å². The fourth-order valence-corrected chi connectivity index (χ4v) is 6.09. The maximum atomic E-state index is 15.2. The molecule has 45 heavy (non-hydrogen) atoms. The molecule has 2 saturated heterocycles. The molecule has 0 radical (unpaired) electrons. The summed E-state index contributed by atoms with van der Waals surface area (Å²) in [6.45, 7) is 3.30. The minimum absolute atomic E-state index is 0.00316. The summed E-state index contributed by atoms with van der Waals surface area (Å²) in [4.78, 5) is 54.4. The first-order valence-corrected chi connectivity index (χ1v) is 14.9. The molecule has 4 amide bonds.